The lowest BCUT2D eigenvalue weighted by Gasteiger charge is -2.09. The van der Waals surface area contributed by atoms with Crippen LogP contribution >= 0.6 is 0 Å². The van der Waals surface area contributed by atoms with E-state index in [1.165, 1.54) is 30.2 Å². The predicted molar refractivity (Wildman–Crippen MR) is 101 cm³/mol. The van der Waals surface area contributed by atoms with Crippen LogP contribution in [0.4, 0.5) is 15.8 Å². The molecule has 0 heterocycles. The number of aryl methyl sites for hydroxylation is 2. The summed E-state index contributed by atoms with van der Waals surface area (Å²) in [5.41, 5.74) is 3.47. The Bertz CT molecular complexity index is 908. The summed E-state index contributed by atoms with van der Waals surface area (Å²) >= 11 is 0. The van der Waals surface area contributed by atoms with Crippen molar-refractivity contribution >= 4 is 29.0 Å². The molecule has 2 aromatic carbocycles. The molecule has 3 rings (SSSR count). The molecule has 0 aromatic heterocycles. The molecular weight excluding hydrogens is 347 g/mol. The summed E-state index contributed by atoms with van der Waals surface area (Å²) in [7, 11) is 0. The molecule has 6 heteroatoms. The molecule has 140 valence electrons. The quantitative estimate of drug-likeness (QED) is 0.760. The third kappa shape index (κ3) is 4.78. The van der Waals surface area contributed by atoms with Crippen molar-refractivity contribution < 1.29 is 18.8 Å². The minimum absolute atomic E-state index is 0.0313. The lowest BCUT2D eigenvalue weighted by Crippen LogP contribution is -2.15. The second kappa shape index (κ2) is 8.12. The number of Topliss-reactive ketones (excluding diaryl/α,β-unsaturated/α-hetero) is 1. The molecule has 27 heavy (non-hydrogen) atoms. The Balaban J connectivity index is 1.58. The monoisotopic (exact) mass is 368 g/mol. The second-order valence-corrected chi connectivity index (χ2v) is 6.68. The van der Waals surface area contributed by atoms with Gasteiger partial charge >= 0.3 is 0 Å². The number of amides is 2. The van der Waals surface area contributed by atoms with Crippen molar-refractivity contribution in [2.24, 2.45) is 0 Å². The fraction of sp³-hybridized carbons (Fsp3) is 0.286. The van der Waals surface area contributed by atoms with Gasteiger partial charge in [0.05, 0.1) is 5.69 Å². The molecule has 0 aliphatic heterocycles. The largest absolute Gasteiger partial charge is 0.326 e. The van der Waals surface area contributed by atoms with Gasteiger partial charge in [0.2, 0.25) is 11.8 Å². The third-order valence-electron chi connectivity index (χ3n) is 4.56. The van der Waals surface area contributed by atoms with Gasteiger partial charge in [-0.25, -0.2) is 4.39 Å². The van der Waals surface area contributed by atoms with E-state index in [9.17, 15) is 18.8 Å². The van der Waals surface area contributed by atoms with E-state index in [4.69, 9.17) is 0 Å². The smallest absolute Gasteiger partial charge is 0.224 e. The molecule has 2 N–H and O–H groups in total. The number of hydrogen-bond donors (Lipinski definition) is 2. The highest BCUT2D eigenvalue weighted by Gasteiger charge is 2.15. The molecule has 1 aliphatic carbocycles. The molecule has 0 radical (unpaired) electrons. The minimum atomic E-state index is -0.609. The molecule has 5 nitrogen and oxygen atoms in total. The molecule has 0 atom stereocenters. The first kappa shape index (κ1) is 18.8. The molecule has 2 amide bonds. The molecule has 2 aromatic rings. The molecular formula is C21H21FN2O3. The number of fused-ring (bicyclic) bond motifs is 1. The number of benzene rings is 2. The fourth-order valence-electron chi connectivity index (χ4n) is 3.23. The number of halogens is 1. The summed E-state index contributed by atoms with van der Waals surface area (Å²) in [6.45, 7) is 1.34. The minimum Gasteiger partial charge on any atom is -0.326 e. The first-order chi connectivity index (χ1) is 12.9. The van der Waals surface area contributed by atoms with Gasteiger partial charge in [-0.15, -0.1) is 0 Å². The van der Waals surface area contributed by atoms with E-state index in [0.29, 0.717) is 11.3 Å². The Labute approximate surface area is 157 Å². The van der Waals surface area contributed by atoms with E-state index in [1.807, 2.05) is 12.1 Å². The summed E-state index contributed by atoms with van der Waals surface area (Å²) in [6, 6.07) is 9.62. The van der Waals surface area contributed by atoms with E-state index in [2.05, 4.69) is 10.6 Å². The average molecular weight is 368 g/mol. The van der Waals surface area contributed by atoms with E-state index in [-0.39, 0.29) is 30.2 Å². The van der Waals surface area contributed by atoms with Gasteiger partial charge in [0.15, 0.2) is 5.78 Å². The van der Waals surface area contributed by atoms with Crippen LogP contribution in [0.25, 0.3) is 0 Å². The van der Waals surface area contributed by atoms with E-state index in [1.54, 1.807) is 6.07 Å². The highest BCUT2D eigenvalue weighted by molar-refractivity contribution is 6.00. The van der Waals surface area contributed by atoms with Crippen LogP contribution in [0.1, 0.15) is 47.7 Å². The molecule has 0 saturated heterocycles. The maximum absolute atomic E-state index is 13.9. The van der Waals surface area contributed by atoms with Gasteiger partial charge in [-0.2, -0.15) is 0 Å². The first-order valence-electron chi connectivity index (χ1n) is 8.94. The van der Waals surface area contributed by atoms with Crippen molar-refractivity contribution in [3.8, 4) is 0 Å². The highest BCUT2D eigenvalue weighted by atomic mass is 19.1. The van der Waals surface area contributed by atoms with Gasteiger partial charge in [-0.1, -0.05) is 12.1 Å². The normalized spacial score (nSPS) is 12.4. The van der Waals surface area contributed by atoms with Gasteiger partial charge < -0.3 is 10.6 Å². The van der Waals surface area contributed by atoms with Gasteiger partial charge in [0.1, 0.15) is 5.82 Å². The molecule has 0 bridgehead atoms. The van der Waals surface area contributed by atoms with Crippen LogP contribution in [0.2, 0.25) is 0 Å². The Hall–Kier alpha value is -3.02. The van der Waals surface area contributed by atoms with Crippen molar-refractivity contribution in [3.63, 3.8) is 0 Å². The van der Waals surface area contributed by atoms with E-state index < -0.39 is 11.7 Å². The lowest BCUT2D eigenvalue weighted by molar-refractivity contribution is -0.116. The summed E-state index contributed by atoms with van der Waals surface area (Å²) in [6.07, 6.45) is 3.16. The van der Waals surface area contributed by atoms with E-state index in [0.717, 1.165) is 25.3 Å². The summed E-state index contributed by atoms with van der Waals surface area (Å²) in [5.74, 6) is -1.46. The predicted octanol–water partition coefficient (Wildman–Crippen LogP) is 3.87. The van der Waals surface area contributed by atoms with Crippen LogP contribution in [0.15, 0.2) is 36.4 Å². The van der Waals surface area contributed by atoms with Crippen LogP contribution in [-0.2, 0) is 22.4 Å². The van der Waals surface area contributed by atoms with Gasteiger partial charge in [0.25, 0.3) is 0 Å². The van der Waals surface area contributed by atoms with Gasteiger partial charge in [-0.05, 0) is 54.7 Å². The van der Waals surface area contributed by atoms with Crippen molar-refractivity contribution in [1.82, 2.24) is 0 Å². The Morgan fingerprint density at radius 3 is 2.52 bits per heavy atom. The summed E-state index contributed by atoms with van der Waals surface area (Å²) < 4.78 is 13.9. The molecule has 1 aliphatic rings. The van der Waals surface area contributed by atoms with Gasteiger partial charge in [-0.3, -0.25) is 14.4 Å². The van der Waals surface area contributed by atoms with Crippen LogP contribution in [0.3, 0.4) is 0 Å². The average Bonchev–Trinajstić information content (AvgIpc) is 3.09. The topological polar surface area (TPSA) is 75.3 Å². The molecule has 0 spiro atoms. The zero-order valence-corrected chi connectivity index (χ0v) is 15.1. The van der Waals surface area contributed by atoms with E-state index >= 15 is 0 Å². The number of rotatable bonds is 6. The fourth-order valence-corrected chi connectivity index (χ4v) is 3.23. The number of nitrogens with one attached hydrogen (secondary N) is 2. The van der Waals surface area contributed by atoms with Crippen LogP contribution in [0.5, 0.6) is 0 Å². The van der Waals surface area contributed by atoms with Crippen LogP contribution < -0.4 is 10.6 Å². The zero-order valence-electron chi connectivity index (χ0n) is 15.1. The second-order valence-electron chi connectivity index (χ2n) is 6.68. The first-order valence-corrected chi connectivity index (χ1v) is 8.94. The molecule has 0 fully saturated rings. The van der Waals surface area contributed by atoms with Crippen molar-refractivity contribution in [1.29, 1.82) is 0 Å². The summed E-state index contributed by atoms with van der Waals surface area (Å²) in [5, 5.41) is 4.98. The third-order valence-corrected chi connectivity index (χ3v) is 4.56. The maximum atomic E-state index is 13.9. The summed E-state index contributed by atoms with van der Waals surface area (Å²) in [4.78, 5) is 35.5. The Morgan fingerprint density at radius 1 is 0.963 bits per heavy atom. The SMILES string of the molecule is CC(=O)Nc1ccc(F)c(NC(=O)CCC(=O)c2ccc3c(c2)CCC3)c1. The number of carbonyl (C=O) groups excluding carboxylic acids is 3. The zero-order chi connectivity index (χ0) is 19.4. The van der Waals surface area contributed by atoms with Crippen molar-refractivity contribution in [3.05, 3.63) is 58.9 Å². The molecule has 0 unspecified atom stereocenters. The molecule has 0 saturated carbocycles. The van der Waals surface area contributed by atoms with Crippen LogP contribution in [0, 0.1) is 5.82 Å². The van der Waals surface area contributed by atoms with Crippen molar-refractivity contribution in [2.45, 2.75) is 39.0 Å². The number of ketones is 1. The highest BCUT2D eigenvalue weighted by Crippen LogP contribution is 2.24. The standard InChI is InChI=1S/C21H21FN2O3/c1-13(25)23-17-7-8-18(22)19(12-17)24-21(27)10-9-20(26)16-6-5-14-3-2-4-15(14)11-16/h5-8,11-12H,2-4,9-10H2,1H3,(H,23,25)(H,24,27). The maximum Gasteiger partial charge on any atom is 0.224 e. The number of anilines is 2. The number of carbonyl (C=O) groups is 3. The van der Waals surface area contributed by atoms with Gasteiger partial charge in [0, 0.05) is 31.0 Å². The van der Waals surface area contributed by atoms with Crippen LogP contribution in [-0.4, -0.2) is 17.6 Å². The Morgan fingerprint density at radius 2 is 1.74 bits per heavy atom. The lowest BCUT2D eigenvalue weighted by atomic mass is 10.0. The van der Waals surface area contributed by atoms with Crippen molar-refractivity contribution in [2.75, 3.05) is 10.6 Å². The Kier molecular flexibility index (Phi) is 5.64. The number of hydrogen-bond acceptors (Lipinski definition) is 3.